The summed E-state index contributed by atoms with van der Waals surface area (Å²) in [5.74, 6) is -0.462. The molecule has 1 heterocycles. The van der Waals surface area contributed by atoms with Crippen LogP contribution in [0.15, 0.2) is 30.5 Å². The lowest BCUT2D eigenvalue weighted by Crippen LogP contribution is -1.82. The summed E-state index contributed by atoms with van der Waals surface area (Å²) in [5.41, 5.74) is 0.728. The Morgan fingerprint density at radius 2 is 2.36 bits per heavy atom. The first-order chi connectivity index (χ1) is 5.29. The van der Waals surface area contributed by atoms with Crippen LogP contribution in [0, 0.1) is 6.92 Å². The van der Waals surface area contributed by atoms with Crippen molar-refractivity contribution in [1.82, 2.24) is 4.98 Å². The van der Waals surface area contributed by atoms with E-state index in [9.17, 15) is 4.79 Å². The number of carbonyl (C=O) groups is 1. The van der Waals surface area contributed by atoms with E-state index in [1.54, 1.807) is 18.3 Å². The zero-order chi connectivity index (χ0) is 8.10. The van der Waals surface area contributed by atoms with Gasteiger partial charge in [-0.2, -0.15) is 0 Å². The molecule has 1 aromatic heterocycles. The number of ketones is 1. The molecule has 0 saturated heterocycles. The molecule has 0 amide bonds. The lowest BCUT2D eigenvalue weighted by atomic mass is 10.3. The highest BCUT2D eigenvalue weighted by Gasteiger charge is 1.85. The summed E-state index contributed by atoms with van der Waals surface area (Å²) in [7, 11) is 0. The number of hydrogen-bond acceptors (Lipinski definition) is 2. The van der Waals surface area contributed by atoms with Gasteiger partial charge in [0, 0.05) is 13.1 Å². The highest BCUT2D eigenvalue weighted by molar-refractivity contribution is 5.96. The normalized spacial score (nSPS) is 10.3. The average Bonchev–Trinajstić information content (AvgIpc) is 2.03. The van der Waals surface area contributed by atoms with Gasteiger partial charge in [0.25, 0.3) is 0 Å². The first-order valence-corrected chi connectivity index (χ1v) is 3.17. The van der Waals surface area contributed by atoms with Crippen LogP contribution >= 0.6 is 0 Å². The topological polar surface area (TPSA) is 30.0 Å². The Bertz CT molecular complexity index is 264. The fourth-order valence-electron chi connectivity index (χ4n) is 0.642. The number of pyridine rings is 1. The largest absolute Gasteiger partial charge is 0.294 e. The standard InChI is InChI=1S/C9H7NO/c1-8(11)5-6-9-4-2-3-7-10-9/h1-7H/b6-5+. The summed E-state index contributed by atoms with van der Waals surface area (Å²) in [6.45, 7) is 4.89. The minimum absolute atomic E-state index is 0.462. The summed E-state index contributed by atoms with van der Waals surface area (Å²) in [5, 5.41) is 0. The molecule has 0 aliphatic carbocycles. The second-order valence-corrected chi connectivity index (χ2v) is 1.99. The molecule has 0 spiro atoms. The number of carbonyl (C=O) groups excluding carboxylic acids is 1. The quantitative estimate of drug-likeness (QED) is 0.588. The molecule has 2 nitrogen and oxygen atoms in total. The third kappa shape index (κ3) is 2.76. The van der Waals surface area contributed by atoms with E-state index in [-0.39, 0.29) is 0 Å². The number of aromatic nitrogens is 1. The molecule has 11 heavy (non-hydrogen) atoms. The van der Waals surface area contributed by atoms with Crippen molar-refractivity contribution in [1.29, 1.82) is 0 Å². The van der Waals surface area contributed by atoms with Crippen molar-refractivity contribution in [2.75, 3.05) is 0 Å². The summed E-state index contributed by atoms with van der Waals surface area (Å²) < 4.78 is 0. The van der Waals surface area contributed by atoms with Crippen molar-refractivity contribution in [3.05, 3.63) is 43.1 Å². The Morgan fingerprint density at radius 3 is 2.91 bits per heavy atom. The third-order valence-corrected chi connectivity index (χ3v) is 1.11. The fraction of sp³-hybridized carbons (Fsp3) is 0. The van der Waals surface area contributed by atoms with Crippen LogP contribution in [0.5, 0.6) is 0 Å². The van der Waals surface area contributed by atoms with Crippen LogP contribution in [0.25, 0.3) is 6.08 Å². The Labute approximate surface area is 65.6 Å². The first-order valence-electron chi connectivity index (χ1n) is 3.17. The maximum atomic E-state index is 10.3. The second kappa shape index (κ2) is 3.66. The summed E-state index contributed by atoms with van der Waals surface area (Å²) in [6, 6.07) is 5.44. The van der Waals surface area contributed by atoms with Crippen molar-refractivity contribution in [2.45, 2.75) is 0 Å². The molecule has 0 N–H and O–H groups in total. The minimum Gasteiger partial charge on any atom is -0.294 e. The molecule has 0 bridgehead atoms. The van der Waals surface area contributed by atoms with Gasteiger partial charge in [0.15, 0.2) is 5.78 Å². The monoisotopic (exact) mass is 145 g/mol. The molecule has 1 aromatic rings. The van der Waals surface area contributed by atoms with Crippen molar-refractivity contribution in [2.24, 2.45) is 0 Å². The van der Waals surface area contributed by atoms with Gasteiger partial charge in [0.05, 0.1) is 5.69 Å². The van der Waals surface area contributed by atoms with Crippen LogP contribution in [-0.2, 0) is 4.79 Å². The van der Waals surface area contributed by atoms with Crippen molar-refractivity contribution in [3.63, 3.8) is 0 Å². The summed E-state index contributed by atoms with van der Waals surface area (Å²) >= 11 is 0. The molecule has 0 fully saturated rings. The van der Waals surface area contributed by atoms with Gasteiger partial charge in [-0.3, -0.25) is 9.78 Å². The van der Waals surface area contributed by atoms with E-state index in [0.29, 0.717) is 0 Å². The van der Waals surface area contributed by atoms with Gasteiger partial charge >= 0.3 is 0 Å². The molecular formula is C9H7NO. The predicted octanol–water partition coefficient (Wildman–Crippen LogP) is 1.37. The van der Waals surface area contributed by atoms with Crippen LogP contribution in [-0.4, -0.2) is 10.8 Å². The minimum atomic E-state index is -0.462. The van der Waals surface area contributed by atoms with Crippen LogP contribution in [0.2, 0.25) is 0 Å². The molecule has 0 atom stereocenters. The van der Waals surface area contributed by atoms with Gasteiger partial charge in [0.1, 0.15) is 0 Å². The van der Waals surface area contributed by atoms with Gasteiger partial charge < -0.3 is 0 Å². The number of allylic oxidation sites excluding steroid dienone is 1. The van der Waals surface area contributed by atoms with Gasteiger partial charge in [-0.25, -0.2) is 0 Å². The number of rotatable bonds is 2. The predicted molar refractivity (Wildman–Crippen MR) is 42.6 cm³/mol. The molecule has 0 saturated carbocycles. The SMILES string of the molecule is [CH]C(=O)/C=C/c1ccccn1. The molecule has 0 aliphatic rings. The lowest BCUT2D eigenvalue weighted by Gasteiger charge is -1.87. The van der Waals surface area contributed by atoms with Gasteiger partial charge in [-0.1, -0.05) is 6.07 Å². The lowest BCUT2D eigenvalue weighted by molar-refractivity contribution is -0.110. The Balaban J connectivity index is 2.72. The van der Waals surface area contributed by atoms with E-state index < -0.39 is 5.78 Å². The number of hydrogen-bond donors (Lipinski definition) is 0. The van der Waals surface area contributed by atoms with Gasteiger partial charge in [-0.15, -0.1) is 0 Å². The van der Waals surface area contributed by atoms with Crippen LogP contribution in [0.4, 0.5) is 0 Å². The summed E-state index contributed by atoms with van der Waals surface area (Å²) in [4.78, 5) is 14.2. The molecule has 2 heteroatoms. The van der Waals surface area contributed by atoms with Crippen molar-refractivity contribution >= 4 is 11.9 Å². The van der Waals surface area contributed by atoms with Crippen molar-refractivity contribution < 1.29 is 4.79 Å². The van der Waals surface area contributed by atoms with E-state index in [4.69, 9.17) is 6.92 Å². The van der Waals surface area contributed by atoms with E-state index in [1.165, 1.54) is 6.08 Å². The van der Waals surface area contributed by atoms with E-state index in [2.05, 4.69) is 4.98 Å². The Hall–Kier alpha value is -1.44. The molecule has 54 valence electrons. The zero-order valence-corrected chi connectivity index (χ0v) is 5.90. The molecule has 0 aromatic carbocycles. The fourth-order valence-corrected chi connectivity index (χ4v) is 0.642. The average molecular weight is 145 g/mol. The molecule has 0 aliphatic heterocycles. The highest BCUT2D eigenvalue weighted by atomic mass is 16.1. The maximum Gasteiger partial charge on any atom is 0.160 e. The molecule has 0 unspecified atom stereocenters. The van der Waals surface area contributed by atoms with Crippen molar-refractivity contribution in [3.8, 4) is 0 Å². The van der Waals surface area contributed by atoms with E-state index >= 15 is 0 Å². The van der Waals surface area contributed by atoms with E-state index in [0.717, 1.165) is 5.69 Å². The first kappa shape index (κ1) is 7.66. The second-order valence-electron chi connectivity index (χ2n) is 1.99. The smallest absolute Gasteiger partial charge is 0.160 e. The highest BCUT2D eigenvalue weighted by Crippen LogP contribution is 1.95. The Kier molecular flexibility index (Phi) is 2.55. The molecule has 1 rings (SSSR count). The number of nitrogens with zero attached hydrogens (tertiary/aromatic N) is 1. The maximum absolute atomic E-state index is 10.3. The van der Waals surface area contributed by atoms with Gasteiger partial charge in [0.2, 0.25) is 0 Å². The van der Waals surface area contributed by atoms with Crippen LogP contribution in [0.3, 0.4) is 0 Å². The van der Waals surface area contributed by atoms with Crippen LogP contribution in [0.1, 0.15) is 5.69 Å². The van der Waals surface area contributed by atoms with Gasteiger partial charge in [-0.05, 0) is 24.3 Å². The molecule has 2 radical (unpaired) electrons. The van der Waals surface area contributed by atoms with Crippen LogP contribution < -0.4 is 0 Å². The van der Waals surface area contributed by atoms with E-state index in [1.807, 2.05) is 12.1 Å². The molecular weight excluding hydrogens is 138 g/mol. The summed E-state index contributed by atoms with van der Waals surface area (Å²) in [6.07, 6.45) is 4.51. The third-order valence-electron chi connectivity index (χ3n) is 1.11. The zero-order valence-electron chi connectivity index (χ0n) is 5.90. The Morgan fingerprint density at radius 1 is 1.55 bits per heavy atom.